The largest absolute Gasteiger partial charge is 0.346 e. The second-order valence-electron chi connectivity index (χ2n) is 7.34. The molecule has 0 bridgehead atoms. The van der Waals surface area contributed by atoms with Crippen molar-refractivity contribution < 1.29 is 4.79 Å². The highest BCUT2D eigenvalue weighted by Gasteiger charge is 2.30. The lowest BCUT2D eigenvalue weighted by Gasteiger charge is -2.04. The Labute approximate surface area is 168 Å². The number of carbonyl (C=O) groups excluding carboxylic acids is 1. The third-order valence-electron chi connectivity index (χ3n) is 5.13. The summed E-state index contributed by atoms with van der Waals surface area (Å²) in [4.78, 5) is 25.4. The number of nitrogens with zero attached hydrogens (tertiary/aromatic N) is 3. The van der Waals surface area contributed by atoms with E-state index < -0.39 is 0 Å². The molecule has 0 unspecified atom stereocenters. The Kier molecular flexibility index (Phi) is 5.18. The quantitative estimate of drug-likeness (QED) is 0.602. The molecule has 1 aliphatic rings. The summed E-state index contributed by atoms with van der Waals surface area (Å²) in [5.41, 5.74) is 2.91. The van der Waals surface area contributed by atoms with Crippen molar-refractivity contribution in [2.45, 2.75) is 45.2 Å². The Morgan fingerprint density at radius 1 is 1.18 bits per heavy atom. The van der Waals surface area contributed by atoms with E-state index in [1.165, 1.54) is 10.2 Å². The molecule has 0 amide bonds. The van der Waals surface area contributed by atoms with Crippen molar-refractivity contribution in [1.82, 2.24) is 14.3 Å². The number of halogens is 1. The van der Waals surface area contributed by atoms with Gasteiger partial charge in [-0.25, -0.2) is 9.48 Å². The van der Waals surface area contributed by atoms with E-state index >= 15 is 0 Å². The zero-order valence-corrected chi connectivity index (χ0v) is 16.5. The van der Waals surface area contributed by atoms with Gasteiger partial charge in [0.1, 0.15) is 6.54 Å². The molecule has 0 radical (unpaired) electrons. The van der Waals surface area contributed by atoms with Crippen LogP contribution in [0.4, 0.5) is 0 Å². The van der Waals surface area contributed by atoms with E-state index in [-0.39, 0.29) is 24.1 Å². The molecule has 3 aromatic rings. The Bertz CT molecular complexity index is 1080. The van der Waals surface area contributed by atoms with Crippen molar-refractivity contribution >= 4 is 17.4 Å². The molecule has 0 spiro atoms. The molecule has 1 heterocycles. The molecule has 144 valence electrons. The molecular weight excluding hydrogens is 374 g/mol. The molecule has 2 aromatic carbocycles. The highest BCUT2D eigenvalue weighted by Crippen LogP contribution is 2.36. The van der Waals surface area contributed by atoms with Crippen LogP contribution in [0.2, 0.25) is 5.02 Å². The second kappa shape index (κ2) is 7.76. The number of Topliss-reactive ketones (excluding diaryl/α,β-unsaturated/α-hetero) is 1. The number of rotatable bonds is 7. The van der Waals surface area contributed by atoms with Crippen molar-refractivity contribution in [1.29, 1.82) is 0 Å². The Morgan fingerprint density at radius 3 is 2.68 bits per heavy atom. The highest BCUT2D eigenvalue weighted by molar-refractivity contribution is 6.30. The van der Waals surface area contributed by atoms with Gasteiger partial charge in [-0.3, -0.25) is 9.36 Å². The van der Waals surface area contributed by atoms with Crippen molar-refractivity contribution in [3.8, 4) is 11.4 Å². The molecular formula is C22H22ClN3O2. The van der Waals surface area contributed by atoms with Gasteiger partial charge in [0, 0.05) is 23.0 Å². The molecule has 1 fully saturated rings. The number of carbonyl (C=O) groups is 1. The van der Waals surface area contributed by atoms with Crippen LogP contribution in [0.15, 0.2) is 53.3 Å². The molecule has 1 aliphatic carbocycles. The molecule has 0 N–H and O–H groups in total. The minimum Gasteiger partial charge on any atom is -0.298 e. The summed E-state index contributed by atoms with van der Waals surface area (Å²) in [7, 11) is 0. The van der Waals surface area contributed by atoms with E-state index in [2.05, 4.69) is 5.10 Å². The van der Waals surface area contributed by atoms with Crippen LogP contribution < -0.4 is 5.69 Å². The van der Waals surface area contributed by atoms with Crippen LogP contribution in [0.1, 0.15) is 36.4 Å². The third-order valence-corrected chi connectivity index (χ3v) is 5.36. The summed E-state index contributed by atoms with van der Waals surface area (Å²) in [5.74, 6) is 0.588. The SMILES string of the molecule is Cc1ccccc1CCC(=O)Cn1nc(-c2cccc(Cl)c2)n(C2CC2)c1=O. The molecule has 0 saturated heterocycles. The fourth-order valence-electron chi connectivity index (χ4n) is 3.42. The highest BCUT2D eigenvalue weighted by atomic mass is 35.5. The molecule has 1 aromatic heterocycles. The van der Waals surface area contributed by atoms with Gasteiger partial charge in [0.15, 0.2) is 11.6 Å². The Morgan fingerprint density at radius 2 is 1.96 bits per heavy atom. The standard InChI is InChI=1S/C22H22ClN3O2/c1-15-5-2-3-6-16(15)9-12-20(27)14-25-22(28)26(19-10-11-19)21(24-25)17-7-4-8-18(23)13-17/h2-8,13,19H,9-12,14H2,1H3. The first-order valence-electron chi connectivity index (χ1n) is 9.54. The van der Waals surface area contributed by atoms with E-state index in [1.807, 2.05) is 43.3 Å². The number of benzene rings is 2. The minimum absolute atomic E-state index is 0.00198. The molecule has 28 heavy (non-hydrogen) atoms. The predicted octanol–water partition coefficient (Wildman–Crippen LogP) is 4.21. The summed E-state index contributed by atoms with van der Waals surface area (Å²) in [6.45, 7) is 2.04. The maximum Gasteiger partial charge on any atom is 0.346 e. The van der Waals surface area contributed by atoms with Crippen molar-refractivity contribution in [3.63, 3.8) is 0 Å². The number of aryl methyl sites for hydroxylation is 2. The van der Waals surface area contributed by atoms with E-state index in [4.69, 9.17) is 11.6 Å². The number of aromatic nitrogens is 3. The van der Waals surface area contributed by atoms with Crippen LogP contribution >= 0.6 is 11.6 Å². The van der Waals surface area contributed by atoms with Gasteiger partial charge in [-0.1, -0.05) is 48.0 Å². The van der Waals surface area contributed by atoms with Gasteiger partial charge in [0.2, 0.25) is 0 Å². The van der Waals surface area contributed by atoms with E-state index in [0.29, 0.717) is 23.7 Å². The smallest absolute Gasteiger partial charge is 0.298 e. The Balaban J connectivity index is 1.55. The maximum absolute atomic E-state index is 12.9. The van der Waals surface area contributed by atoms with Crippen LogP contribution in [0, 0.1) is 6.92 Å². The zero-order valence-electron chi connectivity index (χ0n) is 15.8. The molecule has 5 nitrogen and oxygen atoms in total. The van der Waals surface area contributed by atoms with E-state index in [1.54, 1.807) is 16.7 Å². The first kappa shape index (κ1) is 18.7. The van der Waals surface area contributed by atoms with Gasteiger partial charge in [-0.05, 0) is 49.4 Å². The molecule has 0 aliphatic heterocycles. The number of hydrogen-bond donors (Lipinski definition) is 0. The fraction of sp³-hybridized carbons (Fsp3) is 0.318. The van der Waals surface area contributed by atoms with E-state index in [0.717, 1.165) is 24.0 Å². The van der Waals surface area contributed by atoms with Crippen LogP contribution in [0.25, 0.3) is 11.4 Å². The number of ketones is 1. The van der Waals surface area contributed by atoms with Gasteiger partial charge < -0.3 is 0 Å². The molecule has 6 heteroatoms. The van der Waals surface area contributed by atoms with Gasteiger partial charge in [0.05, 0.1) is 0 Å². The molecule has 0 atom stereocenters. The summed E-state index contributed by atoms with van der Waals surface area (Å²) in [5, 5.41) is 5.08. The van der Waals surface area contributed by atoms with Crippen LogP contribution in [-0.4, -0.2) is 20.1 Å². The summed E-state index contributed by atoms with van der Waals surface area (Å²) >= 11 is 6.11. The van der Waals surface area contributed by atoms with Crippen molar-refractivity contribution in [2.24, 2.45) is 0 Å². The summed E-state index contributed by atoms with van der Waals surface area (Å²) in [6.07, 6.45) is 2.98. The lowest BCUT2D eigenvalue weighted by Crippen LogP contribution is -2.27. The third kappa shape index (κ3) is 3.94. The van der Waals surface area contributed by atoms with Gasteiger partial charge in [-0.15, -0.1) is 5.10 Å². The lowest BCUT2D eigenvalue weighted by atomic mass is 10.0. The topological polar surface area (TPSA) is 56.9 Å². The average molecular weight is 396 g/mol. The number of hydrogen-bond acceptors (Lipinski definition) is 3. The van der Waals surface area contributed by atoms with Crippen LogP contribution in [0.3, 0.4) is 0 Å². The minimum atomic E-state index is -0.221. The molecule has 1 saturated carbocycles. The Hall–Kier alpha value is -2.66. The van der Waals surface area contributed by atoms with Gasteiger partial charge in [-0.2, -0.15) is 0 Å². The average Bonchev–Trinajstić information content (AvgIpc) is 3.46. The van der Waals surface area contributed by atoms with Crippen LogP contribution in [-0.2, 0) is 17.8 Å². The lowest BCUT2D eigenvalue weighted by molar-refractivity contribution is -0.119. The van der Waals surface area contributed by atoms with E-state index in [9.17, 15) is 9.59 Å². The second-order valence-corrected chi connectivity index (χ2v) is 7.78. The van der Waals surface area contributed by atoms with Crippen LogP contribution in [0.5, 0.6) is 0 Å². The molecule has 4 rings (SSSR count). The van der Waals surface area contributed by atoms with Gasteiger partial charge >= 0.3 is 5.69 Å². The van der Waals surface area contributed by atoms with Crippen molar-refractivity contribution in [3.05, 3.63) is 75.2 Å². The van der Waals surface area contributed by atoms with Gasteiger partial charge in [0.25, 0.3) is 0 Å². The maximum atomic E-state index is 12.9. The summed E-state index contributed by atoms with van der Waals surface area (Å²) < 4.78 is 3.01. The fourth-order valence-corrected chi connectivity index (χ4v) is 3.61. The normalized spacial score (nSPS) is 13.6. The zero-order chi connectivity index (χ0) is 19.7. The first-order valence-corrected chi connectivity index (χ1v) is 9.92. The monoisotopic (exact) mass is 395 g/mol. The predicted molar refractivity (Wildman–Crippen MR) is 110 cm³/mol. The summed E-state index contributed by atoms with van der Waals surface area (Å²) in [6, 6.07) is 15.5. The first-order chi connectivity index (χ1) is 13.5. The van der Waals surface area contributed by atoms with Crippen molar-refractivity contribution in [2.75, 3.05) is 0 Å².